The van der Waals surface area contributed by atoms with Crippen molar-refractivity contribution in [2.24, 2.45) is 5.92 Å². The highest BCUT2D eigenvalue weighted by Crippen LogP contribution is 2.30. The highest BCUT2D eigenvalue weighted by atomic mass is 16.5. The Morgan fingerprint density at radius 1 is 1.05 bits per heavy atom. The number of hydrogen-bond acceptors (Lipinski definition) is 6. The molecule has 0 spiro atoms. The van der Waals surface area contributed by atoms with Crippen LogP contribution in [0.3, 0.4) is 0 Å². The molecule has 0 saturated heterocycles. The maximum Gasteiger partial charge on any atom is 0.326 e. The quantitative estimate of drug-likeness (QED) is 0.384. The molecule has 37 heavy (non-hydrogen) atoms. The molecule has 196 valence electrons. The summed E-state index contributed by atoms with van der Waals surface area (Å²) in [7, 11) is 0. The third-order valence-electron chi connectivity index (χ3n) is 7.33. The molecule has 0 bridgehead atoms. The molecule has 3 aromatic rings. The third-order valence-corrected chi connectivity index (χ3v) is 7.33. The lowest BCUT2D eigenvalue weighted by molar-refractivity contribution is -0.124. The van der Waals surface area contributed by atoms with Crippen LogP contribution in [0.1, 0.15) is 49.8 Å². The molecule has 0 radical (unpaired) electrons. The van der Waals surface area contributed by atoms with Crippen LogP contribution in [0, 0.1) is 12.8 Å². The maximum atomic E-state index is 13.5. The number of aliphatic hydroxyl groups is 1. The fourth-order valence-corrected chi connectivity index (χ4v) is 5.12. The van der Waals surface area contributed by atoms with Gasteiger partial charge in [0, 0.05) is 29.9 Å². The van der Waals surface area contributed by atoms with Crippen molar-refractivity contribution in [3.63, 3.8) is 0 Å². The molecule has 1 aromatic carbocycles. The normalized spacial score (nSPS) is 19.6. The largest absolute Gasteiger partial charge is 0.387 e. The summed E-state index contributed by atoms with van der Waals surface area (Å²) in [4.78, 5) is 34.0. The van der Waals surface area contributed by atoms with Gasteiger partial charge in [0.15, 0.2) is 0 Å². The first-order chi connectivity index (χ1) is 18.0. The fraction of sp³-hybridized carbons (Fsp3) is 0.500. The second kappa shape index (κ2) is 11.4. The molecule has 0 unspecified atom stereocenters. The Morgan fingerprint density at radius 3 is 2.54 bits per heavy atom. The van der Waals surface area contributed by atoms with Gasteiger partial charge in [0.1, 0.15) is 18.5 Å². The number of fused-ring (bicyclic) bond motifs is 1. The van der Waals surface area contributed by atoms with Crippen LogP contribution < -0.4 is 10.6 Å². The van der Waals surface area contributed by atoms with E-state index < -0.39 is 6.61 Å². The number of amides is 2. The van der Waals surface area contributed by atoms with Crippen LogP contribution in [0.2, 0.25) is 0 Å². The lowest BCUT2D eigenvalue weighted by Gasteiger charge is -2.29. The van der Waals surface area contributed by atoms with Crippen molar-refractivity contribution >= 4 is 23.0 Å². The highest BCUT2D eigenvalue weighted by molar-refractivity contribution is 5.98. The van der Waals surface area contributed by atoms with E-state index in [1.54, 1.807) is 10.9 Å². The summed E-state index contributed by atoms with van der Waals surface area (Å²) in [5.74, 6) is 0.397. The highest BCUT2D eigenvalue weighted by Gasteiger charge is 2.26. The van der Waals surface area contributed by atoms with E-state index in [0.717, 1.165) is 67.1 Å². The van der Waals surface area contributed by atoms with Crippen LogP contribution in [0.25, 0.3) is 22.3 Å². The number of nitrogens with one attached hydrogen (secondary N) is 2. The van der Waals surface area contributed by atoms with Crippen LogP contribution in [0.4, 0.5) is 4.79 Å². The van der Waals surface area contributed by atoms with Crippen LogP contribution in [0.15, 0.2) is 36.7 Å². The van der Waals surface area contributed by atoms with E-state index in [0.29, 0.717) is 12.1 Å². The Morgan fingerprint density at radius 2 is 1.81 bits per heavy atom. The Kier molecular flexibility index (Phi) is 7.81. The molecule has 2 aromatic heterocycles. The molecule has 2 fully saturated rings. The summed E-state index contributed by atoms with van der Waals surface area (Å²) in [5, 5.41) is 15.0. The minimum Gasteiger partial charge on any atom is -0.387 e. The number of carbonyl (C=O) groups excluding carboxylic acids is 2. The number of aryl methyl sites for hydroxylation is 1. The summed E-state index contributed by atoms with van der Waals surface area (Å²) in [6.45, 7) is 2.95. The lowest BCUT2D eigenvalue weighted by Crippen LogP contribution is -2.45. The first-order valence-electron chi connectivity index (χ1n) is 13.2. The van der Waals surface area contributed by atoms with Crippen LogP contribution >= 0.6 is 0 Å². The molecule has 3 N–H and O–H groups in total. The summed E-state index contributed by atoms with van der Waals surface area (Å²) in [6, 6.07) is 10.0. The monoisotopic (exact) mass is 505 g/mol. The van der Waals surface area contributed by atoms with Gasteiger partial charge in [-0.3, -0.25) is 9.36 Å². The van der Waals surface area contributed by atoms with Gasteiger partial charge in [-0.1, -0.05) is 18.2 Å². The number of ether oxygens (including phenoxy) is 1. The average Bonchev–Trinajstić information content (AvgIpc) is 3.67. The van der Waals surface area contributed by atoms with Crippen LogP contribution in [-0.2, 0) is 16.0 Å². The van der Waals surface area contributed by atoms with Crippen molar-refractivity contribution in [1.82, 2.24) is 25.2 Å². The Hall–Kier alpha value is -3.30. The average molecular weight is 506 g/mol. The SMILES string of the molecule is Cc1cc2ncnc(-c3cccc(CCOCC4CC4)c3)c2n1C(=O)NC1CCC(NC(=O)CO)CC1. The number of aromatic nitrogens is 3. The van der Waals surface area contributed by atoms with Gasteiger partial charge in [0.2, 0.25) is 5.91 Å². The molecule has 0 atom stereocenters. The van der Waals surface area contributed by atoms with Gasteiger partial charge in [-0.05, 0) is 75.5 Å². The zero-order valence-electron chi connectivity index (χ0n) is 21.3. The molecule has 9 heteroatoms. The number of benzene rings is 1. The molecular formula is C28H35N5O4. The number of rotatable bonds is 9. The van der Waals surface area contributed by atoms with Gasteiger partial charge in [-0.25, -0.2) is 14.8 Å². The van der Waals surface area contributed by atoms with Crippen molar-refractivity contribution in [2.75, 3.05) is 19.8 Å². The van der Waals surface area contributed by atoms with Crippen molar-refractivity contribution in [3.8, 4) is 11.3 Å². The predicted molar refractivity (Wildman–Crippen MR) is 140 cm³/mol. The van der Waals surface area contributed by atoms with E-state index in [2.05, 4.69) is 32.7 Å². The number of carbonyl (C=O) groups is 2. The van der Waals surface area contributed by atoms with Crippen molar-refractivity contribution in [3.05, 3.63) is 47.9 Å². The zero-order valence-corrected chi connectivity index (χ0v) is 21.3. The molecular weight excluding hydrogens is 470 g/mol. The van der Waals surface area contributed by atoms with Gasteiger partial charge < -0.3 is 20.5 Å². The van der Waals surface area contributed by atoms with E-state index in [4.69, 9.17) is 9.84 Å². The first-order valence-corrected chi connectivity index (χ1v) is 13.2. The molecule has 5 rings (SSSR count). The number of aliphatic hydroxyl groups excluding tert-OH is 1. The molecule has 2 aliphatic rings. The number of hydrogen-bond donors (Lipinski definition) is 3. The fourth-order valence-electron chi connectivity index (χ4n) is 5.12. The zero-order chi connectivity index (χ0) is 25.8. The predicted octanol–water partition coefficient (Wildman–Crippen LogP) is 3.35. The van der Waals surface area contributed by atoms with Gasteiger partial charge in [0.25, 0.3) is 0 Å². The molecule has 2 heterocycles. The van der Waals surface area contributed by atoms with Gasteiger partial charge in [-0.15, -0.1) is 0 Å². The second-order valence-corrected chi connectivity index (χ2v) is 10.3. The standard InChI is InChI=1S/C28H35N5O4/c1-18-13-24-27(33(18)28(36)32-23-9-7-22(8-10-23)31-25(35)15-34)26(30-17-29-24)21-4-2-3-19(14-21)11-12-37-16-20-5-6-20/h2-4,13-14,17,20,22-23,34H,5-12,15-16H2,1H3,(H,31,35)(H,32,36). The maximum absolute atomic E-state index is 13.5. The van der Waals surface area contributed by atoms with Gasteiger partial charge >= 0.3 is 6.03 Å². The van der Waals surface area contributed by atoms with Gasteiger partial charge in [-0.2, -0.15) is 0 Å². The first kappa shape index (κ1) is 25.4. The molecule has 0 aliphatic heterocycles. The topological polar surface area (TPSA) is 118 Å². The van der Waals surface area contributed by atoms with E-state index in [1.807, 2.05) is 25.1 Å². The van der Waals surface area contributed by atoms with E-state index in [9.17, 15) is 9.59 Å². The van der Waals surface area contributed by atoms with Crippen molar-refractivity contribution in [2.45, 2.75) is 64.0 Å². The minimum atomic E-state index is -0.502. The molecule has 2 aliphatic carbocycles. The van der Waals surface area contributed by atoms with E-state index in [1.165, 1.54) is 18.4 Å². The molecule has 2 saturated carbocycles. The van der Waals surface area contributed by atoms with Gasteiger partial charge in [0.05, 0.1) is 17.8 Å². The van der Waals surface area contributed by atoms with Crippen molar-refractivity contribution < 1.29 is 19.4 Å². The third kappa shape index (κ3) is 6.17. The summed E-state index contributed by atoms with van der Waals surface area (Å²) in [6.07, 6.45) is 7.99. The van der Waals surface area contributed by atoms with Crippen LogP contribution in [0.5, 0.6) is 0 Å². The Bertz CT molecular complexity index is 1260. The van der Waals surface area contributed by atoms with E-state index in [-0.39, 0.29) is 24.0 Å². The van der Waals surface area contributed by atoms with Crippen molar-refractivity contribution in [1.29, 1.82) is 0 Å². The smallest absolute Gasteiger partial charge is 0.326 e. The minimum absolute atomic E-state index is 0.0127. The number of nitrogens with zero attached hydrogens (tertiary/aromatic N) is 3. The Labute approximate surface area is 216 Å². The molecule has 9 nitrogen and oxygen atoms in total. The lowest BCUT2D eigenvalue weighted by atomic mass is 9.91. The summed E-state index contributed by atoms with van der Waals surface area (Å²) < 4.78 is 7.50. The molecule has 2 amide bonds. The van der Waals surface area contributed by atoms with E-state index >= 15 is 0 Å². The summed E-state index contributed by atoms with van der Waals surface area (Å²) >= 11 is 0. The second-order valence-electron chi connectivity index (χ2n) is 10.3. The Balaban J connectivity index is 1.31. The van der Waals surface area contributed by atoms with Crippen LogP contribution in [-0.4, -0.2) is 63.5 Å². The summed E-state index contributed by atoms with van der Waals surface area (Å²) in [5.41, 5.74) is 5.06.